The van der Waals surface area contributed by atoms with Crippen LogP contribution >= 0.6 is 0 Å². The molecule has 0 saturated carbocycles. The first-order valence-electron chi connectivity index (χ1n) is 10.3. The summed E-state index contributed by atoms with van der Waals surface area (Å²) in [5.41, 5.74) is 6.11. The maximum Gasteiger partial charge on any atom is 0.205 e. The molecule has 5 rings (SSSR count). The molecular formula is C25H21N7. The number of fused-ring (bicyclic) bond motifs is 1. The van der Waals surface area contributed by atoms with Gasteiger partial charge < -0.3 is 4.90 Å². The molecule has 0 fully saturated rings. The van der Waals surface area contributed by atoms with E-state index < -0.39 is 0 Å². The summed E-state index contributed by atoms with van der Waals surface area (Å²) in [6.07, 6.45) is 0. The number of aromatic nitrogens is 4. The van der Waals surface area contributed by atoms with Crippen molar-refractivity contribution < 1.29 is 0 Å². The van der Waals surface area contributed by atoms with Crippen molar-refractivity contribution >= 4 is 28.2 Å². The number of H-pyrrole nitrogens is 1. The van der Waals surface area contributed by atoms with Gasteiger partial charge in [-0.2, -0.15) is 5.10 Å². The Labute approximate surface area is 185 Å². The van der Waals surface area contributed by atoms with Gasteiger partial charge in [-0.05, 0) is 29.8 Å². The summed E-state index contributed by atoms with van der Waals surface area (Å²) in [5, 5.41) is 25.9. The summed E-state index contributed by atoms with van der Waals surface area (Å²) in [5.74, 6) is 0.475. The highest BCUT2D eigenvalue weighted by molar-refractivity contribution is 6.04. The number of hydrogen-bond acceptors (Lipinski definition) is 6. The van der Waals surface area contributed by atoms with Crippen LogP contribution in [-0.4, -0.2) is 34.5 Å². The third-order valence-corrected chi connectivity index (χ3v) is 5.20. The van der Waals surface area contributed by atoms with Crippen LogP contribution in [0.15, 0.2) is 95.2 Å². The number of nitrogens with one attached hydrogen (secondary N) is 1. The molecular weight excluding hydrogens is 398 g/mol. The highest BCUT2D eigenvalue weighted by Gasteiger charge is 2.19. The fraction of sp³-hybridized carbons (Fsp3) is 0.0800. The second-order valence-electron chi connectivity index (χ2n) is 7.54. The molecule has 0 radical (unpaired) electrons. The van der Waals surface area contributed by atoms with Gasteiger partial charge in [0.25, 0.3) is 0 Å². The van der Waals surface area contributed by atoms with Crippen molar-refractivity contribution in [1.82, 2.24) is 20.4 Å². The Hall–Kier alpha value is -4.39. The molecule has 0 amide bonds. The van der Waals surface area contributed by atoms with Gasteiger partial charge in [-0.15, -0.1) is 20.4 Å². The van der Waals surface area contributed by atoms with E-state index in [0.717, 1.165) is 39.1 Å². The molecule has 0 spiro atoms. The van der Waals surface area contributed by atoms with E-state index in [1.807, 2.05) is 91.8 Å². The Bertz CT molecular complexity index is 1370. The summed E-state index contributed by atoms with van der Waals surface area (Å²) in [4.78, 5) is 2.04. The third kappa shape index (κ3) is 3.72. The van der Waals surface area contributed by atoms with E-state index in [2.05, 4.69) is 42.8 Å². The Balaban J connectivity index is 1.66. The van der Waals surface area contributed by atoms with Crippen molar-refractivity contribution in [2.24, 2.45) is 10.2 Å². The summed E-state index contributed by atoms with van der Waals surface area (Å²) in [6.45, 7) is 0. The molecule has 0 atom stereocenters. The average molecular weight is 419 g/mol. The summed E-state index contributed by atoms with van der Waals surface area (Å²) in [6, 6.07) is 28.0. The first kappa shape index (κ1) is 19.6. The first-order valence-corrected chi connectivity index (χ1v) is 10.3. The van der Waals surface area contributed by atoms with Crippen LogP contribution in [0.25, 0.3) is 33.4 Å². The standard InChI is InChI=1S/C25H21N7/c1-32(2)20-15-13-19(14-16-20)26-28-24-22-21(17-9-5-3-6-10-17)23(18-11-7-4-8-12-18)27-29-25(22)31-30-24/h3-16H,1-2H3,(H,29,30,31). The molecule has 0 saturated heterocycles. The van der Waals surface area contributed by atoms with E-state index in [-0.39, 0.29) is 0 Å². The number of rotatable bonds is 5. The van der Waals surface area contributed by atoms with E-state index in [1.165, 1.54) is 0 Å². The lowest BCUT2D eigenvalue weighted by Gasteiger charge is -2.11. The second kappa shape index (κ2) is 8.39. The molecule has 0 aliphatic heterocycles. The minimum Gasteiger partial charge on any atom is -0.378 e. The van der Waals surface area contributed by atoms with Gasteiger partial charge in [-0.3, -0.25) is 5.10 Å². The third-order valence-electron chi connectivity index (χ3n) is 5.20. The largest absolute Gasteiger partial charge is 0.378 e. The fourth-order valence-electron chi connectivity index (χ4n) is 3.57. The topological polar surface area (TPSA) is 82.4 Å². The average Bonchev–Trinajstić information content (AvgIpc) is 3.26. The minimum absolute atomic E-state index is 0.475. The molecule has 156 valence electrons. The molecule has 1 N–H and O–H groups in total. The minimum atomic E-state index is 0.475. The summed E-state index contributed by atoms with van der Waals surface area (Å²) in [7, 11) is 4.01. The Kier molecular flexibility index (Phi) is 5.13. The zero-order valence-electron chi connectivity index (χ0n) is 17.8. The first-order chi connectivity index (χ1) is 15.7. The summed E-state index contributed by atoms with van der Waals surface area (Å²) >= 11 is 0. The van der Waals surface area contributed by atoms with E-state index in [9.17, 15) is 0 Å². The smallest absolute Gasteiger partial charge is 0.205 e. The van der Waals surface area contributed by atoms with Gasteiger partial charge in [0.05, 0.1) is 11.1 Å². The number of azo groups is 1. The SMILES string of the molecule is CN(C)c1ccc(N=Nc2n[nH]c3nnc(-c4ccccc4)c(-c4ccccc4)c23)cc1. The predicted molar refractivity (Wildman–Crippen MR) is 128 cm³/mol. The number of benzene rings is 3. The molecule has 5 aromatic rings. The van der Waals surface area contributed by atoms with Crippen molar-refractivity contribution in [2.75, 3.05) is 19.0 Å². The van der Waals surface area contributed by atoms with Gasteiger partial charge in [0.2, 0.25) is 5.82 Å². The molecule has 0 aliphatic rings. The monoisotopic (exact) mass is 419 g/mol. The summed E-state index contributed by atoms with van der Waals surface area (Å²) < 4.78 is 0. The van der Waals surface area contributed by atoms with Crippen LogP contribution in [0.2, 0.25) is 0 Å². The fourth-order valence-corrected chi connectivity index (χ4v) is 3.57. The van der Waals surface area contributed by atoms with Crippen LogP contribution in [0.5, 0.6) is 0 Å². The molecule has 0 aliphatic carbocycles. The molecule has 32 heavy (non-hydrogen) atoms. The number of aromatic amines is 1. The van der Waals surface area contributed by atoms with E-state index in [0.29, 0.717) is 11.5 Å². The number of hydrogen-bond donors (Lipinski definition) is 1. The van der Waals surface area contributed by atoms with Crippen LogP contribution in [0, 0.1) is 0 Å². The highest BCUT2D eigenvalue weighted by Crippen LogP contribution is 2.39. The van der Waals surface area contributed by atoms with E-state index in [1.54, 1.807) is 0 Å². The quantitative estimate of drug-likeness (QED) is 0.345. The maximum atomic E-state index is 4.51. The maximum absolute atomic E-state index is 4.51. The van der Waals surface area contributed by atoms with Crippen LogP contribution in [-0.2, 0) is 0 Å². The molecule has 7 heteroatoms. The van der Waals surface area contributed by atoms with Crippen LogP contribution < -0.4 is 4.90 Å². The van der Waals surface area contributed by atoms with Crippen molar-refractivity contribution in [3.8, 4) is 22.4 Å². The van der Waals surface area contributed by atoms with Crippen LogP contribution in [0.1, 0.15) is 0 Å². The van der Waals surface area contributed by atoms with Crippen molar-refractivity contribution in [2.45, 2.75) is 0 Å². The van der Waals surface area contributed by atoms with Crippen LogP contribution in [0.4, 0.5) is 17.2 Å². The zero-order chi connectivity index (χ0) is 21.9. The normalized spacial score (nSPS) is 11.3. The highest BCUT2D eigenvalue weighted by atomic mass is 15.3. The molecule has 0 unspecified atom stereocenters. The number of anilines is 1. The Morgan fingerprint density at radius 3 is 2.03 bits per heavy atom. The van der Waals surface area contributed by atoms with E-state index >= 15 is 0 Å². The predicted octanol–water partition coefficient (Wildman–Crippen LogP) is 6.17. The molecule has 2 aromatic heterocycles. The van der Waals surface area contributed by atoms with Crippen molar-refractivity contribution in [3.05, 3.63) is 84.9 Å². The number of nitrogens with zero attached hydrogens (tertiary/aromatic N) is 6. The molecule has 0 bridgehead atoms. The van der Waals surface area contributed by atoms with Crippen molar-refractivity contribution in [1.29, 1.82) is 0 Å². The van der Waals surface area contributed by atoms with Gasteiger partial charge in [-0.25, -0.2) is 0 Å². The lowest BCUT2D eigenvalue weighted by atomic mass is 9.97. The van der Waals surface area contributed by atoms with Crippen molar-refractivity contribution in [3.63, 3.8) is 0 Å². The molecule has 3 aromatic carbocycles. The van der Waals surface area contributed by atoms with Gasteiger partial charge in [0, 0.05) is 30.9 Å². The molecule has 7 nitrogen and oxygen atoms in total. The Morgan fingerprint density at radius 2 is 1.38 bits per heavy atom. The van der Waals surface area contributed by atoms with Gasteiger partial charge in [0.1, 0.15) is 5.69 Å². The Morgan fingerprint density at radius 1 is 0.719 bits per heavy atom. The van der Waals surface area contributed by atoms with Gasteiger partial charge in [-0.1, -0.05) is 60.7 Å². The van der Waals surface area contributed by atoms with Gasteiger partial charge >= 0.3 is 0 Å². The zero-order valence-corrected chi connectivity index (χ0v) is 17.8. The lowest BCUT2D eigenvalue weighted by molar-refractivity contribution is 1.02. The lowest BCUT2D eigenvalue weighted by Crippen LogP contribution is -2.07. The van der Waals surface area contributed by atoms with Gasteiger partial charge in [0.15, 0.2) is 5.65 Å². The molecule has 2 heterocycles. The van der Waals surface area contributed by atoms with E-state index in [4.69, 9.17) is 0 Å². The van der Waals surface area contributed by atoms with Crippen LogP contribution in [0.3, 0.4) is 0 Å². The second-order valence-corrected chi connectivity index (χ2v) is 7.54.